The van der Waals surface area contributed by atoms with E-state index in [9.17, 15) is 48.3 Å². The van der Waals surface area contributed by atoms with Crippen molar-refractivity contribution in [3.05, 3.63) is 53.0 Å². The van der Waals surface area contributed by atoms with E-state index in [1.54, 1.807) is 0 Å². The van der Waals surface area contributed by atoms with Crippen molar-refractivity contribution in [3.8, 4) is 0 Å². The fourth-order valence-electron chi connectivity index (χ4n) is 2.56. The van der Waals surface area contributed by atoms with Crippen molar-refractivity contribution in [2.75, 3.05) is 10.8 Å². The lowest BCUT2D eigenvalue weighted by molar-refractivity contribution is -0.141. The number of carbonyl (C=O) groups is 1. The van der Waals surface area contributed by atoms with E-state index < -0.39 is 75.3 Å². The molecule has 0 aliphatic carbocycles. The Kier molecular flexibility index (Phi) is 6.96. The number of aromatic nitrogens is 2. The van der Waals surface area contributed by atoms with Gasteiger partial charge in [-0.3, -0.25) is 0 Å². The molecule has 0 saturated heterocycles. The fraction of sp³-hybridized carbons (Fsp3) is 0.312. The van der Waals surface area contributed by atoms with E-state index in [-0.39, 0.29) is 22.5 Å². The highest BCUT2D eigenvalue weighted by Crippen LogP contribution is 2.37. The average Bonchev–Trinajstić information content (AvgIpc) is 2.63. The third-order valence-corrected chi connectivity index (χ3v) is 5.50. The molecule has 0 spiro atoms. The second kappa shape index (κ2) is 8.84. The molecule has 7 nitrogen and oxygen atoms in total. The van der Waals surface area contributed by atoms with E-state index in [2.05, 4.69) is 9.97 Å². The minimum Gasteiger partial charge on any atom is -0.476 e. The Morgan fingerprint density at radius 1 is 1.03 bits per heavy atom. The molecule has 1 aromatic carbocycles. The third kappa shape index (κ3) is 5.80. The first-order valence-electron chi connectivity index (χ1n) is 8.14. The van der Waals surface area contributed by atoms with Gasteiger partial charge in [-0.2, -0.15) is 26.3 Å². The van der Waals surface area contributed by atoms with Crippen molar-refractivity contribution in [1.29, 1.82) is 0 Å². The van der Waals surface area contributed by atoms with Gasteiger partial charge in [-0.15, -0.1) is 0 Å². The van der Waals surface area contributed by atoms with Gasteiger partial charge in [-0.25, -0.2) is 36.3 Å². The Hall–Kier alpha value is -3.04. The van der Waals surface area contributed by atoms with Crippen molar-refractivity contribution in [2.24, 2.45) is 0 Å². The summed E-state index contributed by atoms with van der Waals surface area (Å²) < 4.78 is 130. The number of anilines is 1. The number of nitrogens with zero attached hydrogens (tertiary/aromatic N) is 3. The number of hydrogen-bond acceptors (Lipinski definition) is 5. The molecule has 0 atom stereocenters. The van der Waals surface area contributed by atoms with E-state index in [1.807, 2.05) is 0 Å². The first-order valence-corrected chi connectivity index (χ1v) is 9.75. The minimum atomic E-state index is -5.30. The largest absolute Gasteiger partial charge is 0.476 e. The van der Waals surface area contributed by atoms with Crippen LogP contribution in [0.3, 0.4) is 0 Å². The molecular weight excluding hydrogens is 482 g/mol. The van der Waals surface area contributed by atoms with E-state index in [0.717, 1.165) is 12.4 Å². The number of aromatic carboxylic acids is 1. The normalized spacial score (nSPS) is 12.8. The van der Waals surface area contributed by atoms with Crippen LogP contribution < -0.4 is 4.31 Å². The monoisotopic (exact) mass is 493 g/mol. The van der Waals surface area contributed by atoms with Crippen LogP contribution in [0.25, 0.3) is 0 Å². The van der Waals surface area contributed by atoms with Gasteiger partial charge in [0, 0.05) is 12.4 Å². The third-order valence-electron chi connectivity index (χ3n) is 3.83. The van der Waals surface area contributed by atoms with Crippen molar-refractivity contribution < 1.29 is 53.4 Å². The lowest BCUT2D eigenvalue weighted by Crippen LogP contribution is -2.38. The summed E-state index contributed by atoms with van der Waals surface area (Å²) in [5.74, 6) is -4.84. The zero-order valence-electron chi connectivity index (χ0n) is 15.3. The highest BCUT2D eigenvalue weighted by atomic mass is 32.2. The van der Waals surface area contributed by atoms with Crippen LogP contribution in [0.15, 0.2) is 30.6 Å². The summed E-state index contributed by atoms with van der Waals surface area (Å²) in [5, 5.41) is 9.10. The summed E-state index contributed by atoms with van der Waals surface area (Å²) in [4.78, 5) is 17.9. The molecule has 0 aliphatic heterocycles. The Morgan fingerprint density at radius 3 is 2.12 bits per heavy atom. The van der Waals surface area contributed by atoms with E-state index in [4.69, 9.17) is 5.11 Å². The van der Waals surface area contributed by atoms with Crippen LogP contribution in [0.2, 0.25) is 0 Å². The van der Waals surface area contributed by atoms with Gasteiger partial charge in [-0.05, 0) is 23.8 Å². The van der Waals surface area contributed by atoms with Gasteiger partial charge in [0.25, 0.3) is 6.43 Å². The molecule has 1 N–H and O–H groups in total. The molecule has 0 radical (unpaired) electrons. The molecule has 2 rings (SSSR count). The zero-order chi connectivity index (χ0) is 24.5. The van der Waals surface area contributed by atoms with Crippen LogP contribution in [0.5, 0.6) is 0 Å². The molecule has 0 unspecified atom stereocenters. The Labute approximate surface area is 174 Å². The molecule has 1 heterocycles. The molecule has 0 saturated carbocycles. The summed E-state index contributed by atoms with van der Waals surface area (Å²) in [6.07, 6.45) is -12.3. The number of rotatable bonds is 7. The van der Waals surface area contributed by atoms with Crippen LogP contribution in [-0.2, 0) is 28.1 Å². The van der Waals surface area contributed by atoms with Gasteiger partial charge in [0.1, 0.15) is 0 Å². The quantitative estimate of drug-likeness (QED) is 0.589. The summed E-state index contributed by atoms with van der Waals surface area (Å²) in [6.45, 7) is -1.73. The number of hydrogen-bond donors (Lipinski definition) is 1. The number of sulfonamides is 1. The van der Waals surface area contributed by atoms with Gasteiger partial charge in [0.2, 0.25) is 10.0 Å². The molecule has 0 fully saturated rings. The lowest BCUT2D eigenvalue weighted by Gasteiger charge is -2.25. The molecule has 0 bridgehead atoms. The Bertz CT molecular complexity index is 1100. The van der Waals surface area contributed by atoms with Gasteiger partial charge < -0.3 is 5.11 Å². The molecule has 32 heavy (non-hydrogen) atoms. The molecule has 1 aromatic heterocycles. The van der Waals surface area contributed by atoms with Gasteiger partial charge >= 0.3 is 18.3 Å². The van der Waals surface area contributed by atoms with Gasteiger partial charge in [0.15, 0.2) is 11.5 Å². The maximum absolute atomic E-state index is 13.2. The topological polar surface area (TPSA) is 100 Å². The highest BCUT2D eigenvalue weighted by Gasteiger charge is 2.39. The first kappa shape index (κ1) is 25.2. The summed E-state index contributed by atoms with van der Waals surface area (Å²) >= 11 is 0. The van der Waals surface area contributed by atoms with Crippen LogP contribution >= 0.6 is 0 Å². The number of carboxylic acid groups (broad SMARTS) is 1. The summed E-state index contributed by atoms with van der Waals surface area (Å²) in [7, 11) is -5.30. The maximum Gasteiger partial charge on any atom is 0.416 e. The van der Waals surface area contributed by atoms with Crippen molar-refractivity contribution >= 4 is 21.8 Å². The second-order valence-corrected chi connectivity index (χ2v) is 7.97. The van der Waals surface area contributed by atoms with Crippen LogP contribution in [0.4, 0.5) is 40.9 Å². The van der Waals surface area contributed by atoms with Gasteiger partial charge in [0.05, 0.1) is 23.4 Å². The predicted octanol–water partition coefficient (Wildman–Crippen LogP) is 3.81. The number of benzene rings is 1. The van der Waals surface area contributed by atoms with E-state index in [1.165, 1.54) is 0 Å². The van der Waals surface area contributed by atoms with E-state index in [0.29, 0.717) is 0 Å². The predicted molar refractivity (Wildman–Crippen MR) is 91.4 cm³/mol. The van der Waals surface area contributed by atoms with Gasteiger partial charge in [-0.1, -0.05) is 0 Å². The lowest BCUT2D eigenvalue weighted by atomic mass is 10.0. The van der Waals surface area contributed by atoms with Crippen LogP contribution in [-0.4, -0.2) is 42.4 Å². The number of alkyl halides is 8. The number of carboxylic acids is 1. The standard InChI is InChI=1S/C16H11F8N3O4S/c17-11(18)6-27(13-12(14(28)29)25-3-4-26-13)32(30,31)7-8-5-9(15(19,20)21)1-2-10(8)16(22,23)24/h1-5,11H,6-7H2,(H,28,29). The second-order valence-electron chi connectivity index (χ2n) is 6.08. The zero-order valence-corrected chi connectivity index (χ0v) is 16.1. The molecule has 16 heteroatoms. The maximum atomic E-state index is 13.2. The first-order chi connectivity index (χ1) is 14.5. The van der Waals surface area contributed by atoms with Crippen molar-refractivity contribution in [3.63, 3.8) is 0 Å². The SMILES string of the molecule is O=C(O)c1nccnc1N(CC(F)F)S(=O)(=O)Cc1cc(C(F)(F)F)ccc1C(F)(F)F. The molecule has 176 valence electrons. The van der Waals surface area contributed by atoms with E-state index >= 15 is 0 Å². The Morgan fingerprint density at radius 2 is 1.62 bits per heavy atom. The molecular formula is C16H11F8N3O4S. The molecule has 2 aromatic rings. The van der Waals surface area contributed by atoms with Crippen LogP contribution in [0.1, 0.15) is 27.2 Å². The average molecular weight is 493 g/mol. The summed E-state index contributed by atoms with van der Waals surface area (Å²) in [5.41, 5.74) is -5.85. The highest BCUT2D eigenvalue weighted by molar-refractivity contribution is 7.92. The van der Waals surface area contributed by atoms with Crippen LogP contribution in [0, 0.1) is 0 Å². The number of halogens is 8. The summed E-state index contributed by atoms with van der Waals surface area (Å²) in [6, 6.07) is 0.0207. The smallest absolute Gasteiger partial charge is 0.416 e. The Balaban J connectivity index is 2.66. The molecule has 0 aliphatic rings. The molecule has 0 amide bonds. The van der Waals surface area contributed by atoms with Crippen molar-refractivity contribution in [1.82, 2.24) is 9.97 Å². The van der Waals surface area contributed by atoms with Crippen molar-refractivity contribution in [2.45, 2.75) is 24.5 Å². The fourth-order valence-corrected chi connectivity index (χ4v) is 4.09. The minimum absolute atomic E-state index is 0.0100.